The van der Waals surface area contributed by atoms with Gasteiger partial charge in [0.2, 0.25) is 0 Å². The van der Waals surface area contributed by atoms with Gasteiger partial charge in [0.25, 0.3) is 5.84 Å². The van der Waals surface area contributed by atoms with Gasteiger partial charge in [0.15, 0.2) is 0 Å². The first-order chi connectivity index (χ1) is 7.34. The zero-order valence-electron chi connectivity index (χ0n) is 8.51. The van der Waals surface area contributed by atoms with E-state index in [0.29, 0.717) is 5.56 Å². The van der Waals surface area contributed by atoms with Gasteiger partial charge in [-0.2, -0.15) is 18.3 Å². The van der Waals surface area contributed by atoms with Gasteiger partial charge in [-0.1, -0.05) is 17.7 Å². The Balaban J connectivity index is 0.00000256. The number of hydrazine groups is 1. The van der Waals surface area contributed by atoms with E-state index in [-0.39, 0.29) is 41.3 Å². The lowest BCUT2D eigenvalue weighted by atomic mass is 10.1. The van der Waals surface area contributed by atoms with E-state index in [1.807, 2.05) is 0 Å². The van der Waals surface area contributed by atoms with Crippen molar-refractivity contribution < 1.29 is 18.3 Å². The Labute approximate surface area is 118 Å². The largest absolute Gasteiger partial charge is 0.417 e. The van der Waals surface area contributed by atoms with E-state index in [4.69, 9.17) is 23.2 Å². The van der Waals surface area contributed by atoms with Crippen LogP contribution in [0.25, 0.3) is 0 Å². The summed E-state index contributed by atoms with van der Waals surface area (Å²) in [5.41, 5.74) is 4.87. The van der Waals surface area contributed by atoms with Gasteiger partial charge in [-0.25, -0.2) is 0 Å². The number of hydrogen-bond acceptors (Lipinski definition) is 1. The molecule has 0 fully saturated rings. The Morgan fingerprint density at radius 2 is 1.94 bits per heavy atom. The van der Waals surface area contributed by atoms with Crippen LogP contribution in [0.3, 0.4) is 0 Å². The van der Waals surface area contributed by atoms with Crippen LogP contribution in [0.15, 0.2) is 18.2 Å². The van der Waals surface area contributed by atoms with E-state index in [9.17, 15) is 13.2 Å². The van der Waals surface area contributed by atoms with Crippen LogP contribution in [-0.4, -0.2) is 5.84 Å². The van der Waals surface area contributed by atoms with E-state index >= 15 is 0 Å². The second kappa shape index (κ2) is 6.29. The second-order valence-electron chi connectivity index (χ2n) is 3.16. The van der Waals surface area contributed by atoms with Crippen LogP contribution >= 0.6 is 35.6 Å². The Hall–Kier alpha value is -0.700. The minimum Gasteiger partial charge on any atom is -0.289 e. The molecule has 0 unspecified atom stereocenters. The predicted octanol–water partition coefficient (Wildman–Crippen LogP) is 0.831. The molecule has 0 saturated carbocycles. The highest BCUT2D eigenvalue weighted by molar-refractivity contribution is 14.0. The molecule has 1 rings (SSSR count). The first-order valence-corrected chi connectivity index (χ1v) is 4.66. The molecule has 5 N–H and O–H groups in total. The molecule has 0 spiro atoms. The van der Waals surface area contributed by atoms with Crippen molar-refractivity contribution in [2.75, 3.05) is 0 Å². The molecule has 0 heterocycles. The number of nitrogens with two attached hydrogens (primary N) is 2. The fourth-order valence-electron chi connectivity index (χ4n) is 1.17. The number of hydrogen-bond donors (Lipinski definition) is 3. The van der Waals surface area contributed by atoms with Crippen molar-refractivity contribution >= 4 is 41.4 Å². The summed E-state index contributed by atoms with van der Waals surface area (Å²) in [6, 6.07) is 3.60. The zero-order chi connectivity index (χ0) is 12.3. The maximum Gasteiger partial charge on any atom is 0.417 e. The first kappa shape index (κ1) is 16.3. The quantitative estimate of drug-likeness (QED) is 0.234. The van der Waals surface area contributed by atoms with Gasteiger partial charge in [-0.05, 0) is 17.7 Å². The van der Waals surface area contributed by atoms with Crippen molar-refractivity contribution in [3.8, 4) is 0 Å². The molecule has 8 heteroatoms. The number of alkyl halides is 3. The molecule has 1 aromatic carbocycles. The summed E-state index contributed by atoms with van der Waals surface area (Å²) in [5, 5.41) is 1.83. The molecule has 0 aromatic heterocycles. The molecule has 0 aliphatic carbocycles. The van der Waals surface area contributed by atoms with Crippen molar-refractivity contribution in [2.45, 2.75) is 12.6 Å². The number of halogens is 5. The number of rotatable bonds is 2. The average Bonchev–Trinajstić information content (AvgIpc) is 2.19. The molecule has 0 saturated heterocycles. The molecule has 0 aliphatic rings. The van der Waals surface area contributed by atoms with E-state index in [1.165, 1.54) is 12.1 Å². The highest BCUT2D eigenvalue weighted by atomic mass is 127. The minimum absolute atomic E-state index is 0. The van der Waals surface area contributed by atoms with Crippen LogP contribution in [0.1, 0.15) is 11.1 Å². The second-order valence-corrected chi connectivity index (χ2v) is 3.57. The van der Waals surface area contributed by atoms with Gasteiger partial charge < -0.3 is 0 Å². The molecule has 17 heavy (non-hydrogen) atoms. The fraction of sp³-hybridized carbons (Fsp3) is 0.222. The summed E-state index contributed by atoms with van der Waals surface area (Å²) in [4.78, 5) is 0. The SMILES string of the molecule is I.N[NH+]=C(N)Cc1ccc(Cl)c(C(F)(F)F)c1. The topological polar surface area (TPSA) is 66.0 Å². The van der Waals surface area contributed by atoms with E-state index in [2.05, 4.69) is 5.10 Å². The van der Waals surface area contributed by atoms with Crippen molar-refractivity contribution in [1.82, 2.24) is 0 Å². The Morgan fingerprint density at radius 1 is 1.35 bits per heavy atom. The number of amidine groups is 1. The van der Waals surface area contributed by atoms with Gasteiger partial charge in [-0.15, -0.1) is 24.0 Å². The third kappa shape index (κ3) is 4.58. The summed E-state index contributed by atoms with van der Waals surface area (Å²) in [6.45, 7) is 0. The van der Waals surface area contributed by atoms with Crippen LogP contribution in [0, 0.1) is 0 Å². The van der Waals surface area contributed by atoms with E-state index in [0.717, 1.165) is 6.07 Å². The molecule has 0 atom stereocenters. The van der Waals surface area contributed by atoms with Crippen molar-refractivity contribution in [3.63, 3.8) is 0 Å². The monoisotopic (exact) mass is 380 g/mol. The highest BCUT2D eigenvalue weighted by Crippen LogP contribution is 2.35. The number of hydrazone groups is 1. The van der Waals surface area contributed by atoms with Gasteiger partial charge in [0, 0.05) is 0 Å². The lowest BCUT2D eigenvalue weighted by molar-refractivity contribution is -0.471. The molecule has 0 amide bonds. The summed E-state index contributed by atoms with van der Waals surface area (Å²) in [7, 11) is 0. The van der Waals surface area contributed by atoms with E-state index < -0.39 is 11.7 Å². The van der Waals surface area contributed by atoms with Crippen LogP contribution in [-0.2, 0) is 12.6 Å². The third-order valence-corrected chi connectivity index (χ3v) is 2.25. The summed E-state index contributed by atoms with van der Waals surface area (Å²) < 4.78 is 37.5. The minimum atomic E-state index is -4.47. The zero-order valence-corrected chi connectivity index (χ0v) is 11.6. The number of nitrogens with one attached hydrogen (secondary N) is 1. The molecule has 0 bridgehead atoms. The van der Waals surface area contributed by atoms with Gasteiger partial charge in [0.1, 0.15) is 0 Å². The molecule has 1 aromatic rings. The first-order valence-electron chi connectivity index (χ1n) is 4.28. The Kier molecular flexibility index (Phi) is 6.03. The Bertz CT molecular complexity index is 420. The molecule has 96 valence electrons. The summed E-state index contributed by atoms with van der Waals surface area (Å²) in [6.07, 6.45) is -4.37. The predicted molar refractivity (Wildman–Crippen MR) is 69.9 cm³/mol. The third-order valence-electron chi connectivity index (χ3n) is 1.92. The smallest absolute Gasteiger partial charge is 0.289 e. The molecule has 3 nitrogen and oxygen atoms in total. The van der Waals surface area contributed by atoms with Gasteiger partial charge >= 0.3 is 6.18 Å². The molecule has 0 radical (unpaired) electrons. The van der Waals surface area contributed by atoms with E-state index in [1.54, 1.807) is 0 Å². The van der Waals surface area contributed by atoms with Crippen molar-refractivity contribution in [3.05, 3.63) is 34.3 Å². The normalized spacial score (nSPS) is 12.1. The fourth-order valence-corrected chi connectivity index (χ4v) is 1.40. The van der Waals surface area contributed by atoms with Gasteiger partial charge in [-0.3, -0.25) is 11.6 Å². The average molecular weight is 381 g/mol. The number of benzene rings is 1. The van der Waals surface area contributed by atoms with Gasteiger partial charge in [0.05, 0.1) is 17.0 Å². The lowest BCUT2D eigenvalue weighted by Gasteiger charge is -2.09. The van der Waals surface area contributed by atoms with Crippen LogP contribution in [0.5, 0.6) is 0 Å². The van der Waals surface area contributed by atoms with Crippen molar-refractivity contribution in [1.29, 1.82) is 0 Å². The maximum absolute atomic E-state index is 12.5. The molecular weight excluding hydrogens is 369 g/mol. The molecule has 0 aliphatic heterocycles. The maximum atomic E-state index is 12.5. The summed E-state index contributed by atoms with van der Waals surface area (Å²) in [5.74, 6) is 5.19. The Morgan fingerprint density at radius 3 is 2.41 bits per heavy atom. The van der Waals surface area contributed by atoms with Crippen molar-refractivity contribution in [2.24, 2.45) is 11.6 Å². The summed E-state index contributed by atoms with van der Waals surface area (Å²) >= 11 is 5.45. The van der Waals surface area contributed by atoms with Crippen LogP contribution in [0.4, 0.5) is 13.2 Å². The molecular formula is C9H11ClF3IN3+. The highest BCUT2D eigenvalue weighted by Gasteiger charge is 2.33. The van der Waals surface area contributed by atoms with Crippen LogP contribution < -0.4 is 16.7 Å². The van der Waals surface area contributed by atoms with Crippen LogP contribution in [0.2, 0.25) is 5.02 Å². The standard InChI is InChI=1S/C9H9ClF3N3.HI/c10-7-2-1-5(4-8(14)16-15)3-6(7)9(11,12)13;/h1-3H,4,15H2,(H2,14,16);1H/p+1. The lowest BCUT2D eigenvalue weighted by Crippen LogP contribution is -2.82.